The third-order valence-electron chi connectivity index (χ3n) is 0.325. The smallest absolute Gasteiger partial charge is 0.0152 e. The van der Waals surface area contributed by atoms with Gasteiger partial charge in [-0.05, 0) is 6.16 Å². The van der Waals surface area contributed by atoms with E-state index >= 15 is 0 Å². The molecule has 0 radical (unpaired) electrons. The molecule has 0 heterocycles. The Bertz CT molecular complexity index is 20.9. The first kappa shape index (κ1) is 5.91. The molecule has 0 saturated carbocycles. The van der Waals surface area contributed by atoms with Gasteiger partial charge < -0.3 is 0 Å². The predicted octanol–water partition coefficient (Wildman–Crippen LogP) is 1.64. The second-order valence-electron chi connectivity index (χ2n) is 1.02. The van der Waals surface area contributed by atoms with Crippen LogP contribution in [-0.2, 0) is 0 Å². The zero-order valence-electron chi connectivity index (χ0n) is 3.24. The van der Waals surface area contributed by atoms with Crippen molar-refractivity contribution in [3.8, 4) is 0 Å². The van der Waals surface area contributed by atoms with Gasteiger partial charge in [-0.1, -0.05) is 22.9 Å². The lowest BCUT2D eigenvalue weighted by atomic mass is 10.6. The van der Waals surface area contributed by atoms with Gasteiger partial charge in [0.2, 0.25) is 0 Å². The summed E-state index contributed by atoms with van der Waals surface area (Å²) in [5.41, 5.74) is 0. The lowest BCUT2D eigenvalue weighted by Gasteiger charge is -1.88. The number of hydrogen-bond acceptors (Lipinski definition) is 0. The molecule has 0 aliphatic rings. The Labute approximate surface area is 43.7 Å². The van der Waals surface area contributed by atoms with Crippen molar-refractivity contribution in [2.45, 2.75) is 11.8 Å². The molecule has 1 unspecified atom stereocenters. The predicted molar refractivity (Wildman–Crippen MR) is 33.0 cm³/mol. The van der Waals surface area contributed by atoms with Gasteiger partial charge in [0.25, 0.3) is 0 Å². The molecule has 0 aromatic heterocycles. The summed E-state index contributed by atoms with van der Waals surface area (Å²) in [6.07, 6.45) is 1.14. The molecule has 2 atom stereocenters. The van der Waals surface area contributed by atoms with Crippen LogP contribution in [0, 0.1) is 0 Å². The summed E-state index contributed by atoms with van der Waals surface area (Å²) in [7, 11) is 2.65. The summed E-state index contributed by atoms with van der Waals surface area (Å²) in [5, 5.41) is 0. The highest BCUT2D eigenvalue weighted by molar-refractivity contribution is 9.09. The fraction of sp³-hybridized carbons (Fsp3) is 1.00. The van der Waals surface area contributed by atoms with E-state index < -0.39 is 0 Å². The van der Waals surface area contributed by atoms with Crippen molar-refractivity contribution in [2.24, 2.45) is 0 Å². The Morgan fingerprint density at radius 2 is 2.20 bits per heavy atom. The molecular weight excluding hydrogens is 147 g/mol. The Morgan fingerprint density at radius 1 is 2.00 bits per heavy atom. The summed E-state index contributed by atoms with van der Waals surface area (Å²) in [6, 6.07) is 0. The molecule has 0 rings (SSSR count). The van der Waals surface area contributed by atoms with Crippen LogP contribution in [0.25, 0.3) is 0 Å². The molecule has 0 aliphatic heterocycles. The van der Waals surface area contributed by atoms with Crippen LogP contribution in [0.15, 0.2) is 0 Å². The molecule has 0 fully saturated rings. The lowest BCUT2D eigenvalue weighted by Crippen LogP contribution is -1.85. The first-order chi connectivity index (χ1) is 2.27. The molecule has 32 valence electrons. The summed E-state index contributed by atoms with van der Waals surface area (Å²) in [6.45, 7) is 2.12. The average Bonchev–Trinajstić information content (AvgIpc) is 1.38. The first-order valence-electron chi connectivity index (χ1n) is 1.61. The minimum atomic E-state index is 0.660. The molecule has 0 amide bonds. The van der Waals surface area contributed by atoms with Crippen molar-refractivity contribution < 1.29 is 0 Å². The zero-order valence-corrected chi connectivity index (χ0v) is 5.98. The molecule has 0 aliphatic carbocycles. The Hall–Kier alpha value is 0.910. The topological polar surface area (TPSA) is 0 Å². The van der Waals surface area contributed by atoms with Crippen LogP contribution in [0.3, 0.4) is 0 Å². The van der Waals surface area contributed by atoms with Gasteiger partial charge in [0, 0.05) is 4.83 Å². The molecule has 0 saturated heterocycles. The van der Waals surface area contributed by atoms with Gasteiger partial charge in [-0.3, -0.25) is 0 Å². The molecule has 0 spiro atoms. The normalized spacial score (nSPS) is 15.0. The number of rotatable bonds is 1. The summed E-state index contributed by atoms with van der Waals surface area (Å²) in [4.78, 5) is 0.660. The van der Waals surface area contributed by atoms with Crippen LogP contribution < -0.4 is 0 Å². The van der Waals surface area contributed by atoms with Gasteiger partial charge in [-0.25, -0.2) is 0 Å². The highest BCUT2D eigenvalue weighted by Crippen LogP contribution is 1.99. The largest absolute Gasteiger partial charge is 0.137 e. The molecule has 0 aromatic carbocycles. The van der Waals surface area contributed by atoms with E-state index in [2.05, 4.69) is 32.1 Å². The second-order valence-corrected chi connectivity index (χ2v) is 3.05. The van der Waals surface area contributed by atoms with E-state index in [-0.39, 0.29) is 0 Å². The third-order valence-corrected chi connectivity index (χ3v) is 2.10. The van der Waals surface area contributed by atoms with Crippen molar-refractivity contribution in [1.82, 2.24) is 0 Å². The van der Waals surface area contributed by atoms with Gasteiger partial charge in [-0.15, -0.1) is 9.24 Å². The van der Waals surface area contributed by atoms with Crippen LogP contribution in [0.2, 0.25) is 0 Å². The van der Waals surface area contributed by atoms with E-state index in [1.807, 2.05) is 0 Å². The maximum absolute atomic E-state index is 3.35. The number of halogens is 1. The van der Waals surface area contributed by atoms with E-state index in [1.165, 1.54) is 0 Å². The Kier molecular flexibility index (Phi) is 3.68. The molecule has 2 heteroatoms. The van der Waals surface area contributed by atoms with Crippen molar-refractivity contribution >= 4 is 25.2 Å². The van der Waals surface area contributed by atoms with Crippen LogP contribution >= 0.6 is 25.2 Å². The van der Waals surface area contributed by atoms with Crippen LogP contribution in [-0.4, -0.2) is 11.0 Å². The number of hydrogen-bond donors (Lipinski definition) is 0. The van der Waals surface area contributed by atoms with E-state index in [0.29, 0.717) is 4.83 Å². The second kappa shape index (κ2) is 3.11. The zero-order chi connectivity index (χ0) is 4.28. The maximum atomic E-state index is 3.35. The van der Waals surface area contributed by atoms with Crippen molar-refractivity contribution in [1.29, 1.82) is 0 Å². The minimum absolute atomic E-state index is 0.660. The Balaban J connectivity index is 2.54. The third kappa shape index (κ3) is 4.91. The van der Waals surface area contributed by atoms with Crippen LogP contribution in [0.1, 0.15) is 6.92 Å². The highest BCUT2D eigenvalue weighted by Gasteiger charge is 1.82. The summed E-state index contributed by atoms with van der Waals surface area (Å²) < 4.78 is 0. The molecule has 5 heavy (non-hydrogen) atoms. The lowest BCUT2D eigenvalue weighted by molar-refractivity contribution is 1.16. The van der Waals surface area contributed by atoms with Crippen molar-refractivity contribution in [3.63, 3.8) is 0 Å². The Morgan fingerprint density at radius 3 is 2.20 bits per heavy atom. The minimum Gasteiger partial charge on any atom is -0.137 e. The fourth-order valence-electron chi connectivity index (χ4n) is 0. The fourth-order valence-corrected chi connectivity index (χ4v) is 0. The van der Waals surface area contributed by atoms with E-state index in [9.17, 15) is 0 Å². The van der Waals surface area contributed by atoms with E-state index in [4.69, 9.17) is 0 Å². The van der Waals surface area contributed by atoms with E-state index in [0.717, 1.165) is 6.16 Å². The maximum Gasteiger partial charge on any atom is 0.0152 e. The van der Waals surface area contributed by atoms with E-state index in [1.54, 1.807) is 0 Å². The van der Waals surface area contributed by atoms with Gasteiger partial charge in [0.15, 0.2) is 0 Å². The van der Waals surface area contributed by atoms with Crippen molar-refractivity contribution in [3.05, 3.63) is 0 Å². The highest BCUT2D eigenvalue weighted by atomic mass is 79.9. The quantitative estimate of drug-likeness (QED) is 0.398. The van der Waals surface area contributed by atoms with Gasteiger partial charge in [0.1, 0.15) is 0 Å². The summed E-state index contributed by atoms with van der Waals surface area (Å²) in [5.74, 6) is 0. The first-order valence-corrected chi connectivity index (χ1v) is 3.34. The average molecular weight is 155 g/mol. The van der Waals surface area contributed by atoms with Gasteiger partial charge in [-0.2, -0.15) is 0 Å². The number of alkyl halides is 1. The van der Waals surface area contributed by atoms with Crippen molar-refractivity contribution in [2.75, 3.05) is 6.16 Å². The van der Waals surface area contributed by atoms with Crippen LogP contribution in [0.4, 0.5) is 0 Å². The molecule has 0 bridgehead atoms. The standard InChI is InChI=1S/C3H8BrP/c1-3(4)2-5/h3H,2,5H2,1H3/t3-/m0/s1. The van der Waals surface area contributed by atoms with Crippen LogP contribution in [0.5, 0.6) is 0 Å². The molecule has 0 aromatic rings. The SMILES string of the molecule is C[C@H](Br)CP. The van der Waals surface area contributed by atoms with Gasteiger partial charge in [0.05, 0.1) is 0 Å². The van der Waals surface area contributed by atoms with Gasteiger partial charge >= 0.3 is 0 Å². The molecule has 0 nitrogen and oxygen atoms in total. The summed E-state index contributed by atoms with van der Waals surface area (Å²) >= 11 is 3.35. The molecule has 0 N–H and O–H groups in total. The monoisotopic (exact) mass is 154 g/mol. The molecular formula is C3H8BrP.